The van der Waals surface area contributed by atoms with Gasteiger partial charge in [-0.1, -0.05) is 23.7 Å². The Balaban J connectivity index is 2.06. The molecule has 0 saturated carbocycles. The van der Waals surface area contributed by atoms with Crippen molar-refractivity contribution in [2.24, 2.45) is 0 Å². The van der Waals surface area contributed by atoms with Crippen molar-refractivity contribution in [3.8, 4) is 5.75 Å². The summed E-state index contributed by atoms with van der Waals surface area (Å²) in [5.74, 6) is 0.454. The van der Waals surface area contributed by atoms with Gasteiger partial charge < -0.3 is 9.64 Å². The van der Waals surface area contributed by atoms with Gasteiger partial charge in [-0.2, -0.15) is 0 Å². The maximum absolute atomic E-state index is 12.4. The molecule has 2 aromatic rings. The molecule has 0 aliphatic rings. The minimum Gasteiger partial charge on any atom is -0.496 e. The highest BCUT2D eigenvalue weighted by Gasteiger charge is 2.15. The Bertz CT molecular complexity index is 986. The Morgan fingerprint density at radius 1 is 1.21 bits per heavy atom. The average Bonchev–Trinajstić information content (AvgIpc) is 2.65. The van der Waals surface area contributed by atoms with Crippen LogP contribution >= 0.6 is 11.6 Å². The fourth-order valence-corrected chi connectivity index (χ4v) is 4.08. The van der Waals surface area contributed by atoms with Gasteiger partial charge in [-0.3, -0.25) is 4.79 Å². The maximum Gasteiger partial charge on any atom is 0.246 e. The molecule has 0 fully saturated rings. The molecule has 0 aliphatic heterocycles. The van der Waals surface area contributed by atoms with Crippen molar-refractivity contribution >= 4 is 33.6 Å². The Morgan fingerprint density at radius 3 is 2.45 bits per heavy atom. The number of carbonyl (C=O) groups is 1. The number of likely N-dealkylation sites (N-methyl/N-ethyl adjacent to an activating group) is 1. The first-order chi connectivity index (χ1) is 13.6. The van der Waals surface area contributed by atoms with Crippen molar-refractivity contribution in [3.05, 3.63) is 64.7 Å². The van der Waals surface area contributed by atoms with E-state index in [9.17, 15) is 13.2 Å². The number of methoxy groups -OCH3 is 1. The highest BCUT2D eigenvalue weighted by atomic mass is 35.5. The quantitative estimate of drug-likeness (QED) is 0.640. The number of halogens is 1. The minimum atomic E-state index is -3.54. The lowest BCUT2D eigenvalue weighted by molar-refractivity contribution is -0.125. The van der Waals surface area contributed by atoms with Crippen LogP contribution in [-0.2, 0) is 21.4 Å². The van der Waals surface area contributed by atoms with E-state index in [1.54, 1.807) is 64.4 Å². The van der Waals surface area contributed by atoms with E-state index in [1.807, 2.05) is 0 Å². The third-order valence-electron chi connectivity index (χ3n) is 4.03. The van der Waals surface area contributed by atoms with Crippen LogP contribution < -0.4 is 9.46 Å². The van der Waals surface area contributed by atoms with Crippen molar-refractivity contribution in [1.29, 1.82) is 0 Å². The Hall–Kier alpha value is -2.35. The Labute approximate surface area is 177 Å². The number of hydrogen-bond donors (Lipinski definition) is 1. The summed E-state index contributed by atoms with van der Waals surface area (Å²) in [6, 6.07) is 11.4. The molecule has 29 heavy (non-hydrogen) atoms. The Morgan fingerprint density at radius 2 is 1.86 bits per heavy atom. The number of sulfonamides is 1. The lowest BCUT2D eigenvalue weighted by Crippen LogP contribution is -2.30. The molecule has 6 nitrogen and oxygen atoms in total. The second-order valence-corrected chi connectivity index (χ2v) is 8.98. The van der Waals surface area contributed by atoms with Gasteiger partial charge in [0.15, 0.2) is 0 Å². The van der Waals surface area contributed by atoms with Gasteiger partial charge in [0.05, 0.1) is 12.0 Å². The molecule has 0 atom stereocenters. The van der Waals surface area contributed by atoms with Gasteiger partial charge in [0.25, 0.3) is 0 Å². The summed E-state index contributed by atoms with van der Waals surface area (Å²) in [5.41, 5.74) is 1.52. The molecule has 0 saturated heterocycles. The fraction of sp³-hybridized carbons (Fsp3) is 0.286. The van der Waals surface area contributed by atoms with Crippen molar-refractivity contribution < 1.29 is 17.9 Å². The molecule has 0 aromatic heterocycles. The average molecular weight is 437 g/mol. The van der Waals surface area contributed by atoms with Gasteiger partial charge in [0.2, 0.25) is 15.9 Å². The van der Waals surface area contributed by atoms with E-state index in [1.165, 1.54) is 23.1 Å². The van der Waals surface area contributed by atoms with E-state index >= 15 is 0 Å². The molecule has 156 valence electrons. The fourth-order valence-electron chi connectivity index (χ4n) is 2.64. The van der Waals surface area contributed by atoms with Crippen LogP contribution in [0.4, 0.5) is 0 Å². The van der Waals surface area contributed by atoms with Crippen LogP contribution in [0.25, 0.3) is 6.08 Å². The van der Waals surface area contributed by atoms with Gasteiger partial charge in [0.1, 0.15) is 5.75 Å². The van der Waals surface area contributed by atoms with Crippen LogP contribution in [0.5, 0.6) is 5.75 Å². The number of benzene rings is 2. The summed E-state index contributed by atoms with van der Waals surface area (Å²) < 4.78 is 32.1. The zero-order valence-corrected chi connectivity index (χ0v) is 18.4. The van der Waals surface area contributed by atoms with E-state index in [0.29, 0.717) is 17.3 Å². The monoisotopic (exact) mass is 436 g/mol. The van der Waals surface area contributed by atoms with E-state index in [4.69, 9.17) is 16.3 Å². The van der Waals surface area contributed by atoms with Gasteiger partial charge in [-0.15, -0.1) is 0 Å². The topological polar surface area (TPSA) is 75.7 Å². The summed E-state index contributed by atoms with van der Waals surface area (Å²) in [6.45, 7) is 3.86. The summed E-state index contributed by atoms with van der Waals surface area (Å²) >= 11 is 6.03. The third-order valence-corrected chi connectivity index (χ3v) is 5.94. The van der Waals surface area contributed by atoms with Gasteiger partial charge in [-0.05, 0) is 55.8 Å². The summed E-state index contributed by atoms with van der Waals surface area (Å²) in [7, 11) is -0.292. The smallest absolute Gasteiger partial charge is 0.246 e. The summed E-state index contributed by atoms with van der Waals surface area (Å²) in [5, 5.41) is 0.569. The van der Waals surface area contributed by atoms with Crippen LogP contribution in [0, 0.1) is 0 Å². The molecule has 2 aromatic carbocycles. The van der Waals surface area contributed by atoms with Crippen LogP contribution in [0.2, 0.25) is 5.02 Å². The van der Waals surface area contributed by atoms with Crippen LogP contribution in [0.1, 0.15) is 25.0 Å². The molecule has 8 heteroatoms. The third kappa shape index (κ3) is 6.59. The second-order valence-electron chi connectivity index (χ2n) is 6.83. The second kappa shape index (κ2) is 9.91. The molecule has 0 aliphatic carbocycles. The molecule has 0 heterocycles. The molecule has 1 amide bonds. The predicted molar refractivity (Wildman–Crippen MR) is 115 cm³/mol. The van der Waals surface area contributed by atoms with Crippen molar-refractivity contribution in [2.75, 3.05) is 14.2 Å². The zero-order valence-electron chi connectivity index (χ0n) is 16.8. The first-order valence-electron chi connectivity index (χ1n) is 9.00. The molecule has 1 N–H and O–H groups in total. The van der Waals surface area contributed by atoms with E-state index in [2.05, 4.69) is 4.72 Å². The lowest BCUT2D eigenvalue weighted by Gasteiger charge is -2.17. The zero-order chi connectivity index (χ0) is 21.6. The van der Waals surface area contributed by atoms with Gasteiger partial charge in [0, 0.05) is 36.3 Å². The largest absolute Gasteiger partial charge is 0.496 e. The molecular formula is C21H25ClN2O4S. The molecule has 2 rings (SSSR count). The van der Waals surface area contributed by atoms with E-state index < -0.39 is 10.0 Å². The first-order valence-corrected chi connectivity index (χ1v) is 10.9. The SMILES string of the molecule is COc1ccc(Cl)cc1CN(C)C(=O)/C=C/c1ccc(S(=O)(=O)NC(C)C)cc1. The number of nitrogens with one attached hydrogen (secondary N) is 1. The molecule has 0 spiro atoms. The highest BCUT2D eigenvalue weighted by molar-refractivity contribution is 7.89. The van der Waals surface area contributed by atoms with Crippen LogP contribution in [-0.4, -0.2) is 39.4 Å². The standard InChI is InChI=1S/C21H25ClN2O4S/c1-15(2)23-29(26,27)19-9-5-16(6-10-19)7-12-21(25)24(3)14-17-13-18(22)8-11-20(17)28-4/h5-13,15,23H,14H2,1-4H3/b12-7+. The van der Waals surface area contributed by atoms with Crippen molar-refractivity contribution in [2.45, 2.75) is 31.3 Å². The molecular weight excluding hydrogens is 412 g/mol. The minimum absolute atomic E-state index is 0.180. The van der Waals surface area contributed by atoms with E-state index in [-0.39, 0.29) is 16.8 Å². The van der Waals surface area contributed by atoms with E-state index in [0.717, 1.165) is 11.1 Å². The molecule has 0 radical (unpaired) electrons. The predicted octanol–water partition coefficient (Wildman–Crippen LogP) is 3.71. The number of rotatable bonds is 8. The summed E-state index contributed by atoms with van der Waals surface area (Å²) in [4.78, 5) is 14.1. The highest BCUT2D eigenvalue weighted by Crippen LogP contribution is 2.24. The maximum atomic E-state index is 12.4. The summed E-state index contributed by atoms with van der Waals surface area (Å²) in [6.07, 6.45) is 3.08. The van der Waals surface area contributed by atoms with Gasteiger partial charge >= 0.3 is 0 Å². The number of nitrogens with zero attached hydrogens (tertiary/aromatic N) is 1. The molecule has 0 unspecified atom stereocenters. The van der Waals surface area contributed by atoms with Crippen molar-refractivity contribution in [3.63, 3.8) is 0 Å². The first kappa shape index (κ1) is 22.9. The number of ether oxygens (including phenoxy) is 1. The van der Waals surface area contributed by atoms with Crippen LogP contribution in [0.3, 0.4) is 0 Å². The van der Waals surface area contributed by atoms with Crippen LogP contribution in [0.15, 0.2) is 53.4 Å². The lowest BCUT2D eigenvalue weighted by atomic mass is 10.2. The normalized spacial score (nSPS) is 11.8. The Kier molecular flexibility index (Phi) is 7.84. The number of carbonyl (C=O) groups excluding carboxylic acids is 1. The van der Waals surface area contributed by atoms with Crippen molar-refractivity contribution in [1.82, 2.24) is 9.62 Å². The number of hydrogen-bond acceptors (Lipinski definition) is 4. The van der Waals surface area contributed by atoms with Gasteiger partial charge in [-0.25, -0.2) is 13.1 Å². The molecule has 0 bridgehead atoms. The number of amides is 1.